The molecule has 16 heavy (non-hydrogen) atoms. The van der Waals surface area contributed by atoms with Crippen LogP contribution in [0.2, 0.25) is 5.02 Å². The fourth-order valence-corrected chi connectivity index (χ4v) is 1.57. The van der Waals surface area contributed by atoms with Crippen LogP contribution < -0.4 is 0 Å². The highest BCUT2D eigenvalue weighted by Crippen LogP contribution is 2.21. The second-order valence-electron chi connectivity index (χ2n) is 4.01. The minimum atomic E-state index is -0.344. The van der Waals surface area contributed by atoms with Crippen molar-refractivity contribution in [3.05, 3.63) is 50.7 Å². The van der Waals surface area contributed by atoms with Crippen molar-refractivity contribution in [3.63, 3.8) is 0 Å². The molecule has 0 unspecified atom stereocenters. The van der Waals surface area contributed by atoms with Gasteiger partial charge in [0.25, 0.3) is 0 Å². The lowest BCUT2D eigenvalue weighted by Gasteiger charge is -2.03. The predicted molar refractivity (Wildman–Crippen MR) is 65.9 cm³/mol. The predicted octanol–water partition coefficient (Wildman–Crippen LogP) is 4.00. The number of benzene rings is 1. The molecule has 0 aliphatic carbocycles. The molecule has 1 aromatic rings. The van der Waals surface area contributed by atoms with Crippen LogP contribution in [-0.4, -0.2) is 4.92 Å². The standard InChI is InChI=1S/C12H14ClNO2/c1-9(2)7-11(14(15)16)8-10-5-3-4-6-12(10)13/h3-6,8-9H,7H2,1-2H3. The summed E-state index contributed by atoms with van der Waals surface area (Å²) in [5, 5.41) is 11.4. The molecule has 0 aliphatic heterocycles. The van der Waals surface area contributed by atoms with Crippen LogP contribution >= 0.6 is 11.6 Å². The Balaban J connectivity index is 3.03. The van der Waals surface area contributed by atoms with Crippen LogP contribution in [0, 0.1) is 16.0 Å². The van der Waals surface area contributed by atoms with E-state index in [9.17, 15) is 10.1 Å². The number of hydrogen-bond donors (Lipinski definition) is 0. The van der Waals surface area contributed by atoms with E-state index in [2.05, 4.69) is 0 Å². The number of allylic oxidation sites excluding steroid dienone is 1. The van der Waals surface area contributed by atoms with E-state index in [-0.39, 0.29) is 16.5 Å². The fraction of sp³-hybridized carbons (Fsp3) is 0.333. The number of halogens is 1. The summed E-state index contributed by atoms with van der Waals surface area (Å²) in [4.78, 5) is 10.5. The van der Waals surface area contributed by atoms with Crippen molar-refractivity contribution in [1.29, 1.82) is 0 Å². The summed E-state index contributed by atoms with van der Waals surface area (Å²) in [6.07, 6.45) is 1.99. The van der Waals surface area contributed by atoms with E-state index >= 15 is 0 Å². The molecule has 0 aliphatic rings. The van der Waals surface area contributed by atoms with E-state index < -0.39 is 0 Å². The molecule has 0 atom stereocenters. The summed E-state index contributed by atoms with van der Waals surface area (Å²) in [5.41, 5.74) is 0.889. The molecule has 0 saturated carbocycles. The van der Waals surface area contributed by atoms with E-state index in [0.717, 1.165) is 0 Å². The summed E-state index contributed by atoms with van der Waals surface area (Å²) < 4.78 is 0. The van der Waals surface area contributed by atoms with Crippen LogP contribution in [0.5, 0.6) is 0 Å². The number of hydrogen-bond acceptors (Lipinski definition) is 2. The van der Waals surface area contributed by atoms with E-state index in [4.69, 9.17) is 11.6 Å². The summed E-state index contributed by atoms with van der Waals surface area (Å²) >= 11 is 5.94. The third kappa shape index (κ3) is 3.66. The molecule has 0 aromatic heterocycles. The van der Waals surface area contributed by atoms with Gasteiger partial charge in [-0.1, -0.05) is 43.6 Å². The van der Waals surface area contributed by atoms with Crippen LogP contribution in [0.15, 0.2) is 30.0 Å². The third-order valence-electron chi connectivity index (χ3n) is 2.08. The van der Waals surface area contributed by atoms with Crippen LogP contribution in [0.1, 0.15) is 25.8 Å². The summed E-state index contributed by atoms with van der Waals surface area (Å²) in [6.45, 7) is 3.90. The smallest absolute Gasteiger partial charge is 0.247 e. The fourth-order valence-electron chi connectivity index (χ4n) is 1.38. The zero-order valence-electron chi connectivity index (χ0n) is 9.31. The average Bonchev–Trinajstić information content (AvgIpc) is 2.19. The minimum absolute atomic E-state index is 0.197. The minimum Gasteiger partial charge on any atom is -0.259 e. The van der Waals surface area contributed by atoms with E-state index in [0.29, 0.717) is 17.0 Å². The lowest BCUT2D eigenvalue weighted by Crippen LogP contribution is -2.02. The topological polar surface area (TPSA) is 43.1 Å². The van der Waals surface area contributed by atoms with Gasteiger partial charge < -0.3 is 0 Å². The van der Waals surface area contributed by atoms with Gasteiger partial charge in [-0.2, -0.15) is 0 Å². The quantitative estimate of drug-likeness (QED) is 0.589. The van der Waals surface area contributed by atoms with Crippen molar-refractivity contribution in [2.24, 2.45) is 5.92 Å². The first-order valence-corrected chi connectivity index (χ1v) is 5.48. The lowest BCUT2D eigenvalue weighted by atomic mass is 10.1. The molecule has 0 bridgehead atoms. The summed E-state index contributed by atoms with van der Waals surface area (Å²) in [6, 6.07) is 7.10. The molecule has 0 fully saturated rings. The molecule has 0 amide bonds. The first-order chi connectivity index (χ1) is 7.50. The monoisotopic (exact) mass is 239 g/mol. The highest BCUT2D eigenvalue weighted by atomic mass is 35.5. The maximum atomic E-state index is 10.8. The molecule has 0 saturated heterocycles. The summed E-state index contributed by atoms with van der Waals surface area (Å²) in [5.74, 6) is 0.249. The Morgan fingerprint density at radius 3 is 2.62 bits per heavy atom. The molecule has 1 aromatic carbocycles. The summed E-state index contributed by atoms with van der Waals surface area (Å²) in [7, 11) is 0. The first-order valence-electron chi connectivity index (χ1n) is 5.10. The van der Waals surface area contributed by atoms with Gasteiger partial charge in [0.1, 0.15) is 0 Å². The highest BCUT2D eigenvalue weighted by Gasteiger charge is 2.13. The Morgan fingerprint density at radius 2 is 2.12 bits per heavy atom. The Kier molecular flexibility index (Phi) is 4.50. The van der Waals surface area contributed by atoms with Crippen molar-refractivity contribution in [2.45, 2.75) is 20.3 Å². The molecule has 1 rings (SSSR count). The van der Waals surface area contributed by atoms with Crippen LogP contribution in [0.4, 0.5) is 0 Å². The van der Waals surface area contributed by atoms with Crippen molar-refractivity contribution in [2.75, 3.05) is 0 Å². The van der Waals surface area contributed by atoms with Gasteiger partial charge in [-0.15, -0.1) is 0 Å². The van der Waals surface area contributed by atoms with Gasteiger partial charge in [0.2, 0.25) is 5.70 Å². The van der Waals surface area contributed by atoms with Crippen molar-refractivity contribution >= 4 is 17.7 Å². The Bertz CT molecular complexity index is 413. The number of nitrogens with zero attached hydrogens (tertiary/aromatic N) is 1. The molecule has 3 nitrogen and oxygen atoms in total. The normalized spacial score (nSPS) is 11.9. The molecule has 0 radical (unpaired) electrons. The van der Waals surface area contributed by atoms with Gasteiger partial charge in [0.05, 0.1) is 4.92 Å². The maximum absolute atomic E-state index is 10.8. The molecule has 86 valence electrons. The van der Waals surface area contributed by atoms with E-state index in [1.165, 1.54) is 0 Å². The van der Waals surface area contributed by atoms with Crippen LogP contribution in [0.3, 0.4) is 0 Å². The average molecular weight is 240 g/mol. The number of rotatable bonds is 4. The van der Waals surface area contributed by atoms with Gasteiger partial charge >= 0.3 is 0 Å². The van der Waals surface area contributed by atoms with Gasteiger partial charge in [-0.05, 0) is 17.5 Å². The van der Waals surface area contributed by atoms with Crippen molar-refractivity contribution in [1.82, 2.24) is 0 Å². The largest absolute Gasteiger partial charge is 0.259 e. The molecule has 0 N–H and O–H groups in total. The van der Waals surface area contributed by atoms with Crippen LogP contribution in [0.25, 0.3) is 6.08 Å². The Labute approximate surface area is 99.9 Å². The third-order valence-corrected chi connectivity index (χ3v) is 2.42. The lowest BCUT2D eigenvalue weighted by molar-refractivity contribution is -0.427. The highest BCUT2D eigenvalue weighted by molar-refractivity contribution is 6.32. The Hall–Kier alpha value is -1.35. The number of nitro groups is 1. The van der Waals surface area contributed by atoms with Gasteiger partial charge in [-0.25, -0.2) is 0 Å². The van der Waals surface area contributed by atoms with Crippen molar-refractivity contribution < 1.29 is 4.92 Å². The molecular formula is C12H14ClNO2. The zero-order valence-corrected chi connectivity index (χ0v) is 10.1. The first kappa shape index (κ1) is 12.7. The van der Waals surface area contributed by atoms with Gasteiger partial charge in [-0.3, -0.25) is 10.1 Å². The second kappa shape index (κ2) is 5.66. The SMILES string of the molecule is CC(C)CC(=Cc1ccccc1Cl)[N+](=O)[O-]. The second-order valence-corrected chi connectivity index (χ2v) is 4.42. The van der Waals surface area contributed by atoms with Gasteiger partial charge in [0, 0.05) is 17.5 Å². The molecular weight excluding hydrogens is 226 g/mol. The molecule has 0 spiro atoms. The molecule has 0 heterocycles. The van der Waals surface area contributed by atoms with Gasteiger partial charge in [0.15, 0.2) is 0 Å². The van der Waals surface area contributed by atoms with Crippen molar-refractivity contribution in [3.8, 4) is 0 Å². The van der Waals surface area contributed by atoms with E-state index in [1.807, 2.05) is 19.9 Å². The maximum Gasteiger partial charge on any atom is 0.247 e. The Morgan fingerprint density at radius 1 is 1.50 bits per heavy atom. The molecule has 4 heteroatoms. The van der Waals surface area contributed by atoms with Crippen LogP contribution in [-0.2, 0) is 0 Å². The van der Waals surface area contributed by atoms with E-state index in [1.54, 1.807) is 24.3 Å². The zero-order chi connectivity index (χ0) is 12.1.